The van der Waals surface area contributed by atoms with Gasteiger partial charge in [0.15, 0.2) is 0 Å². The quantitative estimate of drug-likeness (QED) is 0.852. The molecule has 1 atom stereocenters. The zero-order chi connectivity index (χ0) is 16.7. The van der Waals surface area contributed by atoms with Crippen molar-refractivity contribution in [2.45, 2.75) is 18.2 Å². The number of aliphatic carboxylic acids is 1. The molecule has 1 aliphatic rings. The number of anilines is 1. The van der Waals surface area contributed by atoms with Crippen LogP contribution in [0.3, 0.4) is 0 Å². The molecule has 120 valence electrons. The molecule has 1 N–H and O–H groups in total. The van der Waals surface area contributed by atoms with E-state index in [4.69, 9.17) is 5.11 Å². The summed E-state index contributed by atoms with van der Waals surface area (Å²) in [5, 5.41) is 8.89. The summed E-state index contributed by atoms with van der Waals surface area (Å²) < 4.78 is 26.0. The van der Waals surface area contributed by atoms with Gasteiger partial charge in [0.2, 0.25) is 15.9 Å². The van der Waals surface area contributed by atoms with Gasteiger partial charge in [-0.25, -0.2) is 12.7 Å². The number of likely N-dealkylation sites (N-methyl/N-ethyl adjacent to an activating group) is 1. The molecule has 1 aromatic carbocycles. The van der Waals surface area contributed by atoms with Crippen molar-refractivity contribution in [1.29, 1.82) is 0 Å². The lowest BCUT2D eigenvalue weighted by atomic mass is 10.2. The molecule has 0 aromatic heterocycles. The number of carboxylic acid groups (broad SMARTS) is 1. The minimum atomic E-state index is -3.78. The normalized spacial score (nSPS) is 16.0. The van der Waals surface area contributed by atoms with E-state index in [9.17, 15) is 18.0 Å². The Labute approximate surface area is 129 Å². The van der Waals surface area contributed by atoms with Gasteiger partial charge < -0.3 is 10.0 Å². The summed E-state index contributed by atoms with van der Waals surface area (Å²) in [7, 11) is -0.796. The highest BCUT2D eigenvalue weighted by Crippen LogP contribution is 2.30. The van der Waals surface area contributed by atoms with Gasteiger partial charge in [-0.3, -0.25) is 9.59 Å². The molecule has 2 rings (SSSR count). The molecule has 8 heteroatoms. The summed E-state index contributed by atoms with van der Waals surface area (Å²) in [6.45, 7) is 1.33. The number of carboxylic acids is 1. The van der Waals surface area contributed by atoms with Gasteiger partial charge >= 0.3 is 5.97 Å². The molecular formula is C14H18N2O5S. The summed E-state index contributed by atoms with van der Waals surface area (Å²) in [4.78, 5) is 24.1. The Morgan fingerprint density at radius 3 is 2.68 bits per heavy atom. The molecule has 22 heavy (non-hydrogen) atoms. The van der Waals surface area contributed by atoms with E-state index < -0.39 is 21.9 Å². The fourth-order valence-electron chi connectivity index (χ4n) is 2.35. The van der Waals surface area contributed by atoms with Crippen LogP contribution in [0.5, 0.6) is 0 Å². The third kappa shape index (κ3) is 2.84. The Morgan fingerprint density at radius 2 is 2.09 bits per heavy atom. The van der Waals surface area contributed by atoms with Crippen LogP contribution in [0.15, 0.2) is 23.1 Å². The van der Waals surface area contributed by atoms with E-state index in [1.54, 1.807) is 13.1 Å². The molecule has 1 unspecified atom stereocenters. The number of rotatable bonds is 5. The van der Waals surface area contributed by atoms with Gasteiger partial charge in [-0.15, -0.1) is 0 Å². The van der Waals surface area contributed by atoms with E-state index in [-0.39, 0.29) is 23.8 Å². The average Bonchev–Trinajstić information content (AvgIpc) is 2.73. The number of fused-ring (bicyclic) bond motifs is 1. The number of carbonyl (C=O) groups excluding carboxylic acids is 1. The highest BCUT2D eigenvalue weighted by molar-refractivity contribution is 7.89. The second kappa shape index (κ2) is 5.69. The molecule has 1 amide bonds. The molecule has 1 aliphatic heterocycles. The van der Waals surface area contributed by atoms with E-state index in [0.717, 1.165) is 4.31 Å². The van der Waals surface area contributed by atoms with Crippen LogP contribution in [-0.4, -0.2) is 50.3 Å². The maximum Gasteiger partial charge on any atom is 0.307 e. The number of benzene rings is 1. The van der Waals surface area contributed by atoms with Crippen molar-refractivity contribution < 1.29 is 23.1 Å². The van der Waals surface area contributed by atoms with Crippen LogP contribution in [0.25, 0.3) is 0 Å². The Balaban J connectivity index is 2.30. The van der Waals surface area contributed by atoms with Crippen LogP contribution >= 0.6 is 0 Å². The van der Waals surface area contributed by atoms with Gasteiger partial charge in [-0.05, 0) is 23.8 Å². The van der Waals surface area contributed by atoms with Crippen molar-refractivity contribution in [2.24, 2.45) is 5.92 Å². The second-order valence-electron chi connectivity index (χ2n) is 5.44. The molecule has 1 aromatic rings. The van der Waals surface area contributed by atoms with Crippen molar-refractivity contribution in [3.05, 3.63) is 23.8 Å². The molecule has 1 heterocycles. The minimum Gasteiger partial charge on any atom is -0.481 e. The first kappa shape index (κ1) is 16.4. The van der Waals surface area contributed by atoms with Gasteiger partial charge in [0, 0.05) is 26.3 Å². The van der Waals surface area contributed by atoms with E-state index in [0.29, 0.717) is 11.3 Å². The summed E-state index contributed by atoms with van der Waals surface area (Å²) in [5.41, 5.74) is 1.36. The Bertz CT molecular complexity index is 729. The Kier molecular flexibility index (Phi) is 4.25. The third-order valence-electron chi connectivity index (χ3n) is 3.79. The van der Waals surface area contributed by atoms with Crippen LogP contribution in [-0.2, 0) is 26.0 Å². The van der Waals surface area contributed by atoms with Crippen molar-refractivity contribution >= 4 is 27.6 Å². The topological polar surface area (TPSA) is 95.0 Å². The number of amides is 1. The van der Waals surface area contributed by atoms with Gasteiger partial charge in [0.05, 0.1) is 17.2 Å². The summed E-state index contributed by atoms with van der Waals surface area (Å²) in [5.74, 6) is -1.94. The summed E-state index contributed by atoms with van der Waals surface area (Å²) in [6, 6.07) is 4.51. The van der Waals surface area contributed by atoms with Crippen molar-refractivity contribution in [3.8, 4) is 0 Å². The van der Waals surface area contributed by atoms with Crippen LogP contribution in [0.2, 0.25) is 0 Å². The highest BCUT2D eigenvalue weighted by atomic mass is 32.2. The fourth-order valence-corrected chi connectivity index (χ4v) is 3.66. The second-order valence-corrected chi connectivity index (χ2v) is 7.49. The van der Waals surface area contributed by atoms with Crippen molar-refractivity contribution in [2.75, 3.05) is 25.5 Å². The maximum atomic E-state index is 12.5. The molecule has 0 fully saturated rings. The first-order valence-corrected chi connectivity index (χ1v) is 8.17. The fraction of sp³-hybridized carbons (Fsp3) is 0.429. The number of carbonyl (C=O) groups is 2. The van der Waals surface area contributed by atoms with E-state index in [2.05, 4.69) is 0 Å². The molecule has 0 radical (unpaired) electrons. The Morgan fingerprint density at radius 1 is 1.45 bits per heavy atom. The maximum absolute atomic E-state index is 12.5. The predicted molar refractivity (Wildman–Crippen MR) is 80.2 cm³/mol. The minimum absolute atomic E-state index is 0.0643. The van der Waals surface area contributed by atoms with Crippen molar-refractivity contribution in [3.63, 3.8) is 0 Å². The molecule has 0 saturated carbocycles. The van der Waals surface area contributed by atoms with Gasteiger partial charge in [-0.2, -0.15) is 0 Å². The lowest BCUT2D eigenvalue weighted by Gasteiger charge is -2.20. The van der Waals surface area contributed by atoms with Crippen LogP contribution in [0, 0.1) is 5.92 Å². The highest BCUT2D eigenvalue weighted by Gasteiger charge is 2.29. The first-order valence-electron chi connectivity index (χ1n) is 6.73. The standard InChI is InChI=1S/C14H18N2O5S/c1-9(14(18)19)8-15(2)22(20,21)11-4-5-12-10(6-11)7-13(17)16(12)3/h4-6,9H,7-8H2,1-3H3,(H,18,19). The van der Waals surface area contributed by atoms with Crippen LogP contribution < -0.4 is 4.90 Å². The molecule has 0 aliphatic carbocycles. The van der Waals surface area contributed by atoms with E-state index in [1.807, 2.05) is 0 Å². The number of hydrogen-bond donors (Lipinski definition) is 1. The van der Waals surface area contributed by atoms with Gasteiger partial charge in [-0.1, -0.05) is 6.92 Å². The summed E-state index contributed by atoms with van der Waals surface area (Å²) in [6.07, 6.45) is 0.171. The SMILES string of the molecule is CC(CN(C)S(=O)(=O)c1ccc2c(c1)CC(=O)N2C)C(=O)O. The third-order valence-corrected chi connectivity index (χ3v) is 5.61. The zero-order valence-electron chi connectivity index (χ0n) is 12.6. The van der Waals surface area contributed by atoms with Gasteiger partial charge in [0.1, 0.15) is 0 Å². The molecule has 0 saturated heterocycles. The average molecular weight is 326 g/mol. The molecular weight excluding hydrogens is 308 g/mol. The number of hydrogen-bond acceptors (Lipinski definition) is 4. The molecule has 0 spiro atoms. The lowest BCUT2D eigenvalue weighted by molar-refractivity contribution is -0.141. The monoisotopic (exact) mass is 326 g/mol. The smallest absolute Gasteiger partial charge is 0.307 e. The summed E-state index contributed by atoms with van der Waals surface area (Å²) >= 11 is 0. The van der Waals surface area contributed by atoms with E-state index in [1.165, 1.54) is 31.0 Å². The molecule has 7 nitrogen and oxygen atoms in total. The van der Waals surface area contributed by atoms with Crippen LogP contribution in [0.4, 0.5) is 5.69 Å². The Hall–Kier alpha value is -1.93. The lowest BCUT2D eigenvalue weighted by Crippen LogP contribution is -2.33. The number of nitrogens with zero attached hydrogens (tertiary/aromatic N) is 2. The number of sulfonamides is 1. The first-order chi connectivity index (χ1) is 10.1. The van der Waals surface area contributed by atoms with E-state index >= 15 is 0 Å². The molecule has 0 bridgehead atoms. The van der Waals surface area contributed by atoms with Crippen molar-refractivity contribution in [1.82, 2.24) is 4.31 Å². The van der Waals surface area contributed by atoms with Crippen LogP contribution in [0.1, 0.15) is 12.5 Å². The largest absolute Gasteiger partial charge is 0.481 e. The zero-order valence-corrected chi connectivity index (χ0v) is 13.4. The van der Waals surface area contributed by atoms with Gasteiger partial charge in [0.25, 0.3) is 0 Å². The predicted octanol–water partition coefficient (Wildman–Crippen LogP) is 0.547.